The van der Waals surface area contributed by atoms with E-state index in [1.165, 1.54) is 0 Å². The lowest BCUT2D eigenvalue weighted by molar-refractivity contribution is 0.459. The van der Waals surface area contributed by atoms with Gasteiger partial charge in [0, 0.05) is 4.47 Å². The molecule has 0 radical (unpaired) electrons. The van der Waals surface area contributed by atoms with Gasteiger partial charge in [-0.25, -0.2) is 4.98 Å². The molecule has 1 heterocycles. The first kappa shape index (κ1) is 13.6. The Bertz CT molecular complexity index is 605. The SMILES string of the molecule is Cc1c(N)cnc(Oc2cc(Br)ccc2Cl)c1Br. The van der Waals surface area contributed by atoms with Crippen LogP contribution in [0.25, 0.3) is 0 Å². The molecule has 2 N–H and O–H groups in total. The first-order valence-corrected chi connectivity index (χ1v) is 6.99. The molecule has 2 rings (SSSR count). The van der Waals surface area contributed by atoms with Crippen molar-refractivity contribution in [1.29, 1.82) is 0 Å². The van der Waals surface area contributed by atoms with E-state index in [9.17, 15) is 0 Å². The summed E-state index contributed by atoms with van der Waals surface area (Å²) < 4.78 is 7.28. The van der Waals surface area contributed by atoms with Crippen LogP contribution < -0.4 is 10.5 Å². The Morgan fingerprint density at radius 3 is 2.78 bits per heavy atom. The van der Waals surface area contributed by atoms with Crippen molar-refractivity contribution in [3.63, 3.8) is 0 Å². The van der Waals surface area contributed by atoms with Crippen LogP contribution in [0.2, 0.25) is 5.02 Å². The van der Waals surface area contributed by atoms with Crippen LogP contribution in [0.5, 0.6) is 11.6 Å². The fourth-order valence-corrected chi connectivity index (χ4v) is 2.21. The Labute approximate surface area is 127 Å². The minimum absolute atomic E-state index is 0.432. The Hall–Kier alpha value is -0.780. The van der Waals surface area contributed by atoms with E-state index in [1.54, 1.807) is 18.3 Å². The number of hydrogen-bond acceptors (Lipinski definition) is 3. The molecule has 94 valence electrons. The largest absolute Gasteiger partial charge is 0.436 e. The number of pyridine rings is 1. The first-order chi connectivity index (χ1) is 8.49. The van der Waals surface area contributed by atoms with Crippen molar-refractivity contribution in [2.24, 2.45) is 0 Å². The van der Waals surface area contributed by atoms with Crippen molar-refractivity contribution in [3.05, 3.63) is 43.9 Å². The fraction of sp³-hybridized carbons (Fsp3) is 0.0833. The van der Waals surface area contributed by atoms with Crippen LogP contribution in [0, 0.1) is 6.92 Å². The van der Waals surface area contributed by atoms with Crippen LogP contribution in [-0.2, 0) is 0 Å². The summed E-state index contributed by atoms with van der Waals surface area (Å²) in [5.41, 5.74) is 7.24. The van der Waals surface area contributed by atoms with Gasteiger partial charge in [0.2, 0.25) is 5.88 Å². The summed E-state index contributed by atoms with van der Waals surface area (Å²) in [6, 6.07) is 5.37. The molecule has 1 aromatic heterocycles. The van der Waals surface area contributed by atoms with Crippen molar-refractivity contribution in [1.82, 2.24) is 4.98 Å². The molecule has 0 aliphatic rings. The zero-order valence-corrected chi connectivity index (χ0v) is 13.3. The number of benzene rings is 1. The standard InChI is InChI=1S/C12H9Br2ClN2O/c1-6-9(16)5-17-12(11(6)14)18-10-4-7(13)2-3-8(10)15/h2-5H,16H2,1H3. The zero-order valence-electron chi connectivity index (χ0n) is 9.38. The van der Waals surface area contributed by atoms with Gasteiger partial charge in [-0.15, -0.1) is 0 Å². The molecule has 0 saturated heterocycles. The molecule has 0 aliphatic carbocycles. The molecule has 0 amide bonds. The third-order valence-electron chi connectivity index (χ3n) is 2.37. The summed E-state index contributed by atoms with van der Waals surface area (Å²) in [6.07, 6.45) is 1.56. The maximum absolute atomic E-state index is 6.06. The lowest BCUT2D eigenvalue weighted by atomic mass is 10.2. The van der Waals surface area contributed by atoms with Crippen LogP contribution in [0.15, 0.2) is 33.3 Å². The molecule has 0 spiro atoms. The second kappa shape index (κ2) is 5.47. The highest BCUT2D eigenvalue weighted by Crippen LogP contribution is 2.36. The van der Waals surface area contributed by atoms with E-state index in [0.29, 0.717) is 22.3 Å². The summed E-state index contributed by atoms with van der Waals surface area (Å²) >= 11 is 12.8. The number of anilines is 1. The second-order valence-electron chi connectivity index (χ2n) is 3.63. The van der Waals surface area contributed by atoms with Crippen molar-refractivity contribution in [2.45, 2.75) is 6.92 Å². The van der Waals surface area contributed by atoms with E-state index < -0.39 is 0 Å². The van der Waals surface area contributed by atoms with Gasteiger partial charge in [-0.1, -0.05) is 27.5 Å². The lowest BCUT2D eigenvalue weighted by Gasteiger charge is -2.11. The second-order valence-corrected chi connectivity index (χ2v) is 5.75. The highest BCUT2D eigenvalue weighted by Gasteiger charge is 2.11. The predicted octanol–water partition coefficient (Wildman–Crippen LogP) is 4.94. The molecule has 0 saturated carbocycles. The number of rotatable bonds is 2. The van der Waals surface area contributed by atoms with Crippen molar-refractivity contribution in [2.75, 3.05) is 5.73 Å². The van der Waals surface area contributed by atoms with E-state index in [4.69, 9.17) is 22.1 Å². The Morgan fingerprint density at radius 1 is 1.33 bits per heavy atom. The van der Waals surface area contributed by atoms with E-state index in [0.717, 1.165) is 14.5 Å². The van der Waals surface area contributed by atoms with Gasteiger partial charge < -0.3 is 10.5 Å². The number of hydrogen-bond donors (Lipinski definition) is 1. The average molecular weight is 392 g/mol. The van der Waals surface area contributed by atoms with Crippen LogP contribution in [0.4, 0.5) is 5.69 Å². The van der Waals surface area contributed by atoms with Gasteiger partial charge in [-0.3, -0.25) is 0 Å². The molecule has 18 heavy (non-hydrogen) atoms. The van der Waals surface area contributed by atoms with Crippen molar-refractivity contribution < 1.29 is 4.74 Å². The smallest absolute Gasteiger partial charge is 0.234 e. The number of nitrogens with two attached hydrogens (primary N) is 1. The molecule has 0 unspecified atom stereocenters. The van der Waals surface area contributed by atoms with Crippen LogP contribution in [0.3, 0.4) is 0 Å². The van der Waals surface area contributed by atoms with Gasteiger partial charge in [-0.2, -0.15) is 0 Å². The highest BCUT2D eigenvalue weighted by molar-refractivity contribution is 9.10. The summed E-state index contributed by atoms with van der Waals surface area (Å²) in [5.74, 6) is 0.963. The van der Waals surface area contributed by atoms with Crippen LogP contribution >= 0.6 is 43.5 Å². The van der Waals surface area contributed by atoms with E-state index in [2.05, 4.69) is 36.8 Å². The number of nitrogen functional groups attached to an aromatic ring is 1. The van der Waals surface area contributed by atoms with E-state index in [-0.39, 0.29) is 0 Å². The molecule has 0 bridgehead atoms. The quantitative estimate of drug-likeness (QED) is 0.787. The normalized spacial score (nSPS) is 10.4. The van der Waals surface area contributed by atoms with Crippen LogP contribution in [-0.4, -0.2) is 4.98 Å². The van der Waals surface area contributed by atoms with Gasteiger partial charge in [0.25, 0.3) is 0 Å². The van der Waals surface area contributed by atoms with Gasteiger partial charge in [-0.05, 0) is 46.6 Å². The monoisotopic (exact) mass is 390 g/mol. The molecule has 3 nitrogen and oxygen atoms in total. The molecule has 6 heteroatoms. The summed E-state index contributed by atoms with van der Waals surface area (Å²) in [7, 11) is 0. The summed E-state index contributed by atoms with van der Waals surface area (Å²) in [6.45, 7) is 1.89. The van der Waals surface area contributed by atoms with Crippen molar-refractivity contribution in [3.8, 4) is 11.6 Å². The fourth-order valence-electron chi connectivity index (χ4n) is 1.30. The molecule has 1 aromatic carbocycles. The Balaban J connectivity index is 2.40. The first-order valence-electron chi connectivity index (χ1n) is 5.02. The zero-order chi connectivity index (χ0) is 13.3. The van der Waals surface area contributed by atoms with Crippen molar-refractivity contribution >= 4 is 49.1 Å². The van der Waals surface area contributed by atoms with Gasteiger partial charge in [0.15, 0.2) is 0 Å². The van der Waals surface area contributed by atoms with E-state index in [1.807, 2.05) is 13.0 Å². The molecule has 0 atom stereocenters. The minimum Gasteiger partial charge on any atom is -0.436 e. The van der Waals surface area contributed by atoms with Crippen LogP contribution in [0.1, 0.15) is 5.56 Å². The lowest BCUT2D eigenvalue weighted by Crippen LogP contribution is -1.96. The number of aromatic nitrogens is 1. The number of ether oxygens (including phenoxy) is 1. The topological polar surface area (TPSA) is 48.1 Å². The average Bonchev–Trinajstić information content (AvgIpc) is 2.34. The Kier molecular flexibility index (Phi) is 4.14. The number of halogens is 3. The molecular weight excluding hydrogens is 383 g/mol. The molecule has 0 fully saturated rings. The molecular formula is C12H9Br2ClN2O. The number of nitrogens with zero attached hydrogens (tertiary/aromatic N) is 1. The highest BCUT2D eigenvalue weighted by atomic mass is 79.9. The van der Waals surface area contributed by atoms with E-state index >= 15 is 0 Å². The van der Waals surface area contributed by atoms with Gasteiger partial charge in [0.1, 0.15) is 5.75 Å². The third-order valence-corrected chi connectivity index (χ3v) is 4.11. The minimum atomic E-state index is 0.432. The summed E-state index contributed by atoms with van der Waals surface area (Å²) in [5, 5.41) is 0.515. The maximum Gasteiger partial charge on any atom is 0.234 e. The maximum atomic E-state index is 6.06. The van der Waals surface area contributed by atoms with Gasteiger partial charge in [0.05, 0.1) is 21.4 Å². The third kappa shape index (κ3) is 2.79. The van der Waals surface area contributed by atoms with Gasteiger partial charge >= 0.3 is 0 Å². The predicted molar refractivity (Wildman–Crippen MR) is 80.3 cm³/mol. The molecule has 2 aromatic rings. The summed E-state index contributed by atoms with van der Waals surface area (Å²) in [4.78, 5) is 4.14. The molecule has 0 aliphatic heterocycles. The Morgan fingerprint density at radius 2 is 2.06 bits per heavy atom.